The molecule has 0 aliphatic carbocycles. The highest BCUT2D eigenvalue weighted by molar-refractivity contribution is 6.30. The van der Waals surface area contributed by atoms with Gasteiger partial charge in [-0.1, -0.05) is 54.1 Å². The maximum absolute atomic E-state index is 12.1. The number of hydrogen-bond acceptors (Lipinski definition) is 1. The summed E-state index contributed by atoms with van der Waals surface area (Å²) >= 11 is 5.93. The van der Waals surface area contributed by atoms with E-state index in [1.165, 1.54) is 5.56 Å². The van der Waals surface area contributed by atoms with Crippen molar-refractivity contribution in [1.29, 1.82) is 0 Å². The summed E-state index contributed by atoms with van der Waals surface area (Å²) in [5.41, 5.74) is 2.35. The molecule has 0 spiro atoms. The van der Waals surface area contributed by atoms with Gasteiger partial charge in [0.05, 0.1) is 13.1 Å². The Bertz CT molecular complexity index is 704. The number of benzene rings is 2. The van der Waals surface area contributed by atoms with Gasteiger partial charge in [-0.15, -0.1) is 0 Å². The molecule has 1 amide bonds. The molecule has 0 unspecified atom stereocenters. The highest BCUT2D eigenvalue weighted by Crippen LogP contribution is 2.09. The van der Waals surface area contributed by atoms with Crippen molar-refractivity contribution < 1.29 is 9.69 Å². The predicted molar refractivity (Wildman–Crippen MR) is 102 cm³/mol. The quantitative estimate of drug-likeness (QED) is 0.794. The van der Waals surface area contributed by atoms with Crippen molar-refractivity contribution in [3.63, 3.8) is 0 Å². The fraction of sp³-hybridized carbons (Fsp3) is 0.286. The van der Waals surface area contributed by atoms with Crippen LogP contribution in [0.3, 0.4) is 0 Å². The lowest BCUT2D eigenvalue weighted by Gasteiger charge is -2.29. The average Bonchev–Trinajstić information content (AvgIpc) is 2.64. The molecule has 0 saturated carbocycles. The molecule has 25 heavy (non-hydrogen) atoms. The van der Waals surface area contributed by atoms with Crippen LogP contribution in [0.2, 0.25) is 5.02 Å². The monoisotopic (exact) mass is 355 g/mol. The van der Waals surface area contributed by atoms with E-state index in [1.807, 2.05) is 48.5 Å². The van der Waals surface area contributed by atoms with Crippen LogP contribution in [0.1, 0.15) is 24.0 Å². The van der Waals surface area contributed by atoms with Gasteiger partial charge in [0.2, 0.25) is 5.91 Å². The number of halogens is 1. The Balaban J connectivity index is 1.42. The zero-order chi connectivity index (χ0) is 17.5. The number of carbonyl (C=O) groups is 1. The smallest absolute Gasteiger partial charge is 0.244 e. The third kappa shape index (κ3) is 5.73. The lowest BCUT2D eigenvalue weighted by Crippen LogP contribution is -3.12. The largest absolute Gasteiger partial charge is 0.349 e. The third-order valence-electron chi connectivity index (χ3n) is 4.63. The van der Waals surface area contributed by atoms with Crippen molar-refractivity contribution in [2.24, 2.45) is 0 Å². The molecule has 3 rings (SSSR count). The Morgan fingerprint density at radius 1 is 1.08 bits per heavy atom. The fourth-order valence-electron chi connectivity index (χ4n) is 3.22. The van der Waals surface area contributed by atoms with Gasteiger partial charge >= 0.3 is 0 Å². The van der Waals surface area contributed by atoms with Gasteiger partial charge in [0.15, 0.2) is 0 Å². The molecule has 0 radical (unpaired) electrons. The molecular weight excluding hydrogens is 332 g/mol. The molecule has 2 N–H and O–H groups in total. The standard InChI is InChI=1S/C21H23ClN2O/c22-19-9-6-18(7-10-19)16-24-14-12-20(13-15-24)23-21(25)11-8-17-4-2-1-3-5-17/h1-11,20H,12-16H2,(H,23,25)/p+1/b11-8+. The maximum Gasteiger partial charge on any atom is 0.244 e. The Morgan fingerprint density at radius 2 is 1.76 bits per heavy atom. The van der Waals surface area contributed by atoms with E-state index in [-0.39, 0.29) is 11.9 Å². The van der Waals surface area contributed by atoms with Crippen LogP contribution in [0.15, 0.2) is 60.7 Å². The summed E-state index contributed by atoms with van der Waals surface area (Å²) in [6, 6.07) is 18.2. The summed E-state index contributed by atoms with van der Waals surface area (Å²) in [6.07, 6.45) is 5.53. The molecule has 1 heterocycles. The molecular formula is C21H24ClN2O+. The summed E-state index contributed by atoms with van der Waals surface area (Å²) in [7, 11) is 0. The van der Waals surface area contributed by atoms with Crippen molar-refractivity contribution in [2.75, 3.05) is 13.1 Å². The van der Waals surface area contributed by atoms with Crippen LogP contribution >= 0.6 is 11.6 Å². The molecule has 4 heteroatoms. The van der Waals surface area contributed by atoms with Crippen molar-refractivity contribution in [3.05, 3.63) is 76.8 Å². The minimum absolute atomic E-state index is 0.00463. The van der Waals surface area contributed by atoms with E-state index in [4.69, 9.17) is 11.6 Å². The first kappa shape index (κ1) is 17.7. The van der Waals surface area contributed by atoms with Gasteiger partial charge in [0.25, 0.3) is 0 Å². The first-order valence-electron chi connectivity index (χ1n) is 8.81. The average molecular weight is 356 g/mol. The Morgan fingerprint density at radius 3 is 2.44 bits per heavy atom. The lowest BCUT2D eigenvalue weighted by molar-refractivity contribution is -0.918. The minimum atomic E-state index is -0.00463. The van der Waals surface area contributed by atoms with Gasteiger partial charge < -0.3 is 10.2 Å². The number of rotatable bonds is 5. The van der Waals surface area contributed by atoms with Crippen molar-refractivity contribution in [1.82, 2.24) is 5.32 Å². The zero-order valence-corrected chi connectivity index (χ0v) is 15.0. The van der Waals surface area contributed by atoms with E-state index in [9.17, 15) is 4.79 Å². The fourth-order valence-corrected chi connectivity index (χ4v) is 3.35. The van der Waals surface area contributed by atoms with Crippen LogP contribution in [0.25, 0.3) is 6.08 Å². The molecule has 1 fully saturated rings. The van der Waals surface area contributed by atoms with Crippen molar-refractivity contribution in [3.8, 4) is 0 Å². The summed E-state index contributed by atoms with van der Waals surface area (Å²) in [6.45, 7) is 3.18. The van der Waals surface area contributed by atoms with Crippen LogP contribution in [0.4, 0.5) is 0 Å². The molecule has 3 nitrogen and oxygen atoms in total. The molecule has 130 valence electrons. The molecule has 0 atom stereocenters. The number of amides is 1. The van der Waals surface area contributed by atoms with E-state index < -0.39 is 0 Å². The molecule has 2 aromatic rings. The highest BCUT2D eigenvalue weighted by Gasteiger charge is 2.22. The van der Waals surface area contributed by atoms with Crippen LogP contribution in [0.5, 0.6) is 0 Å². The van der Waals surface area contributed by atoms with E-state index in [1.54, 1.807) is 11.0 Å². The molecule has 2 aromatic carbocycles. The lowest BCUT2D eigenvalue weighted by atomic mass is 10.0. The summed E-state index contributed by atoms with van der Waals surface area (Å²) in [4.78, 5) is 13.6. The third-order valence-corrected chi connectivity index (χ3v) is 4.89. The number of nitrogens with one attached hydrogen (secondary N) is 2. The molecule has 1 saturated heterocycles. The van der Waals surface area contributed by atoms with Crippen LogP contribution in [0, 0.1) is 0 Å². The highest BCUT2D eigenvalue weighted by atomic mass is 35.5. The van der Waals surface area contributed by atoms with Gasteiger partial charge in [-0.25, -0.2) is 0 Å². The summed E-state index contributed by atoms with van der Waals surface area (Å²) in [5.74, 6) is -0.00463. The number of likely N-dealkylation sites (tertiary alicyclic amines) is 1. The molecule has 0 bridgehead atoms. The molecule has 0 aromatic heterocycles. The van der Waals surface area contributed by atoms with Gasteiger partial charge in [0, 0.05) is 35.5 Å². The Hall–Kier alpha value is -2.10. The number of quaternary nitrogens is 1. The zero-order valence-electron chi connectivity index (χ0n) is 14.2. The van der Waals surface area contributed by atoms with Gasteiger partial charge in [0.1, 0.15) is 6.54 Å². The van der Waals surface area contributed by atoms with Gasteiger partial charge in [-0.3, -0.25) is 4.79 Å². The van der Waals surface area contributed by atoms with E-state index >= 15 is 0 Å². The first-order valence-corrected chi connectivity index (χ1v) is 9.18. The van der Waals surface area contributed by atoms with Crippen LogP contribution in [-0.2, 0) is 11.3 Å². The first-order chi connectivity index (χ1) is 12.2. The predicted octanol–water partition coefficient (Wildman–Crippen LogP) is 2.72. The number of piperidine rings is 1. The summed E-state index contributed by atoms with van der Waals surface area (Å²) in [5, 5.41) is 3.91. The second kappa shape index (κ2) is 8.84. The topological polar surface area (TPSA) is 33.5 Å². The number of hydrogen-bond donors (Lipinski definition) is 2. The van der Waals surface area contributed by atoms with E-state index in [2.05, 4.69) is 17.4 Å². The van der Waals surface area contributed by atoms with Crippen LogP contribution < -0.4 is 10.2 Å². The summed E-state index contributed by atoms with van der Waals surface area (Å²) < 4.78 is 0. The van der Waals surface area contributed by atoms with Crippen molar-refractivity contribution >= 4 is 23.6 Å². The SMILES string of the molecule is O=C(/C=C/c1ccccc1)NC1CC[NH+](Cc2ccc(Cl)cc2)CC1. The molecule has 1 aliphatic heterocycles. The van der Waals surface area contributed by atoms with E-state index in [0.29, 0.717) is 0 Å². The second-order valence-corrected chi connectivity index (χ2v) is 7.02. The van der Waals surface area contributed by atoms with Gasteiger partial charge in [-0.05, 0) is 23.8 Å². The van der Waals surface area contributed by atoms with Gasteiger partial charge in [-0.2, -0.15) is 0 Å². The Labute approximate surface area is 154 Å². The molecule has 1 aliphatic rings. The van der Waals surface area contributed by atoms with Crippen molar-refractivity contribution in [2.45, 2.75) is 25.4 Å². The van der Waals surface area contributed by atoms with Crippen LogP contribution in [-0.4, -0.2) is 25.0 Å². The van der Waals surface area contributed by atoms with E-state index in [0.717, 1.165) is 43.1 Å². The Kier molecular flexibility index (Phi) is 6.26. The second-order valence-electron chi connectivity index (χ2n) is 6.58. The maximum atomic E-state index is 12.1. The normalized spacial score (nSPS) is 20.5. The number of carbonyl (C=O) groups excluding carboxylic acids is 1. The minimum Gasteiger partial charge on any atom is -0.349 e.